The third kappa shape index (κ3) is 4.06. The van der Waals surface area contributed by atoms with Gasteiger partial charge in [0.2, 0.25) is 0 Å². The normalized spacial score (nSPS) is 23.6. The highest BCUT2D eigenvalue weighted by Gasteiger charge is 2.17. The molecule has 0 heterocycles. The van der Waals surface area contributed by atoms with Gasteiger partial charge in [0.15, 0.2) is 0 Å². The fourth-order valence-corrected chi connectivity index (χ4v) is 3.31. The van der Waals surface area contributed by atoms with Gasteiger partial charge in [-0.15, -0.1) is 0 Å². The van der Waals surface area contributed by atoms with Gasteiger partial charge in [-0.1, -0.05) is 25.7 Å². The number of likely N-dealkylation sites (N-methyl/N-ethyl adjacent to an activating group) is 1. The Labute approximate surface area is 101 Å². The van der Waals surface area contributed by atoms with Crippen LogP contribution in [0.2, 0.25) is 0 Å². The molecule has 0 aliphatic heterocycles. The van der Waals surface area contributed by atoms with Crippen LogP contribution < -0.4 is 5.32 Å². The first-order chi connectivity index (χ1) is 7.84. The number of rotatable bonds is 6. The summed E-state index contributed by atoms with van der Waals surface area (Å²) >= 11 is 0. The van der Waals surface area contributed by atoms with Gasteiger partial charge in [0.25, 0.3) is 0 Å². The molecule has 0 atom stereocenters. The molecule has 2 heteroatoms. The Kier molecular flexibility index (Phi) is 5.11. The Morgan fingerprint density at radius 3 is 2.31 bits per heavy atom. The molecular formula is C14H28N2. The minimum Gasteiger partial charge on any atom is -0.313 e. The number of nitrogens with zero attached hydrogens (tertiary/aromatic N) is 1. The van der Waals surface area contributed by atoms with E-state index in [4.69, 9.17) is 0 Å². The minimum absolute atomic E-state index is 0.833. The fraction of sp³-hybridized carbons (Fsp3) is 1.00. The first-order valence-electron chi connectivity index (χ1n) is 7.26. The van der Waals surface area contributed by atoms with E-state index >= 15 is 0 Å². The van der Waals surface area contributed by atoms with E-state index in [-0.39, 0.29) is 0 Å². The second-order valence-corrected chi connectivity index (χ2v) is 5.85. The van der Waals surface area contributed by atoms with Crippen molar-refractivity contribution in [1.82, 2.24) is 10.2 Å². The third-order valence-corrected chi connectivity index (χ3v) is 4.33. The zero-order chi connectivity index (χ0) is 11.2. The Bertz CT molecular complexity index is 181. The minimum atomic E-state index is 0.833. The zero-order valence-electron chi connectivity index (χ0n) is 10.9. The van der Waals surface area contributed by atoms with E-state index in [0.717, 1.165) is 12.0 Å². The third-order valence-electron chi connectivity index (χ3n) is 4.33. The summed E-state index contributed by atoms with van der Waals surface area (Å²) in [7, 11) is 2.29. The predicted molar refractivity (Wildman–Crippen MR) is 69.7 cm³/mol. The lowest BCUT2D eigenvalue weighted by Crippen LogP contribution is -2.36. The van der Waals surface area contributed by atoms with Crippen LogP contribution in [-0.2, 0) is 0 Å². The Hall–Kier alpha value is -0.0800. The van der Waals surface area contributed by atoms with Crippen LogP contribution in [0.5, 0.6) is 0 Å². The molecule has 1 N–H and O–H groups in total. The van der Waals surface area contributed by atoms with E-state index in [1.165, 1.54) is 71.0 Å². The summed E-state index contributed by atoms with van der Waals surface area (Å²) < 4.78 is 0. The Morgan fingerprint density at radius 2 is 1.62 bits per heavy atom. The summed E-state index contributed by atoms with van der Waals surface area (Å²) in [6.07, 6.45) is 11.6. The molecule has 2 aliphatic rings. The van der Waals surface area contributed by atoms with Crippen LogP contribution in [0.1, 0.15) is 51.4 Å². The second kappa shape index (κ2) is 6.61. The summed E-state index contributed by atoms with van der Waals surface area (Å²) in [6, 6.07) is 0.833. The van der Waals surface area contributed by atoms with Crippen molar-refractivity contribution in [2.24, 2.45) is 5.92 Å². The lowest BCUT2D eigenvalue weighted by atomic mass is 10.1. The van der Waals surface area contributed by atoms with Crippen LogP contribution in [0, 0.1) is 5.92 Å². The van der Waals surface area contributed by atoms with E-state index < -0.39 is 0 Å². The van der Waals surface area contributed by atoms with E-state index in [2.05, 4.69) is 17.3 Å². The van der Waals surface area contributed by atoms with Crippen molar-refractivity contribution >= 4 is 0 Å². The number of hydrogen-bond acceptors (Lipinski definition) is 2. The van der Waals surface area contributed by atoms with Crippen molar-refractivity contribution in [3.05, 3.63) is 0 Å². The number of hydrogen-bond donors (Lipinski definition) is 1. The maximum atomic E-state index is 3.70. The molecule has 0 aromatic rings. The maximum absolute atomic E-state index is 3.70. The van der Waals surface area contributed by atoms with Crippen molar-refractivity contribution in [2.75, 3.05) is 26.7 Å². The fourth-order valence-electron chi connectivity index (χ4n) is 3.31. The van der Waals surface area contributed by atoms with Crippen LogP contribution in [0.25, 0.3) is 0 Å². The number of nitrogens with one attached hydrogen (secondary N) is 1. The monoisotopic (exact) mass is 224 g/mol. The van der Waals surface area contributed by atoms with Gasteiger partial charge in [-0.25, -0.2) is 0 Å². The van der Waals surface area contributed by atoms with Crippen molar-refractivity contribution in [1.29, 1.82) is 0 Å². The largest absolute Gasteiger partial charge is 0.313 e. The van der Waals surface area contributed by atoms with Crippen LogP contribution in [0.4, 0.5) is 0 Å². The van der Waals surface area contributed by atoms with Gasteiger partial charge in [0.05, 0.1) is 0 Å². The molecule has 0 aromatic heterocycles. The summed E-state index contributed by atoms with van der Waals surface area (Å²) in [5.74, 6) is 0.997. The molecule has 2 aliphatic carbocycles. The maximum Gasteiger partial charge on any atom is 0.0104 e. The van der Waals surface area contributed by atoms with Crippen molar-refractivity contribution in [2.45, 2.75) is 57.4 Å². The summed E-state index contributed by atoms with van der Waals surface area (Å²) in [6.45, 7) is 3.74. The molecule has 2 nitrogen and oxygen atoms in total. The smallest absolute Gasteiger partial charge is 0.0104 e. The van der Waals surface area contributed by atoms with Gasteiger partial charge in [0.1, 0.15) is 0 Å². The zero-order valence-corrected chi connectivity index (χ0v) is 10.9. The first kappa shape index (κ1) is 12.4. The molecule has 2 fully saturated rings. The molecule has 0 spiro atoms. The summed E-state index contributed by atoms with van der Waals surface area (Å²) in [5.41, 5.74) is 0. The van der Waals surface area contributed by atoms with E-state index in [0.29, 0.717) is 0 Å². The van der Waals surface area contributed by atoms with Gasteiger partial charge in [-0.3, -0.25) is 0 Å². The van der Waals surface area contributed by atoms with Crippen molar-refractivity contribution in [3.63, 3.8) is 0 Å². The van der Waals surface area contributed by atoms with Crippen molar-refractivity contribution < 1.29 is 0 Å². The highest BCUT2D eigenvalue weighted by molar-refractivity contribution is 4.75. The van der Waals surface area contributed by atoms with Crippen LogP contribution in [0.3, 0.4) is 0 Å². The van der Waals surface area contributed by atoms with E-state index in [1.807, 2.05) is 0 Å². The molecule has 0 saturated heterocycles. The summed E-state index contributed by atoms with van der Waals surface area (Å²) in [4.78, 5) is 2.53. The molecule has 94 valence electrons. The second-order valence-electron chi connectivity index (χ2n) is 5.85. The molecular weight excluding hydrogens is 196 g/mol. The molecule has 0 bridgehead atoms. The Morgan fingerprint density at radius 1 is 1.00 bits per heavy atom. The lowest BCUT2D eigenvalue weighted by Gasteiger charge is -2.22. The van der Waals surface area contributed by atoms with Crippen LogP contribution in [0.15, 0.2) is 0 Å². The molecule has 2 rings (SSSR count). The van der Waals surface area contributed by atoms with E-state index in [9.17, 15) is 0 Å². The average molecular weight is 224 g/mol. The van der Waals surface area contributed by atoms with Gasteiger partial charge in [0, 0.05) is 25.7 Å². The first-order valence-corrected chi connectivity index (χ1v) is 7.26. The SMILES string of the molecule is CN(CCNC1CCCC1)CC1CCCC1. The molecule has 2 saturated carbocycles. The molecule has 16 heavy (non-hydrogen) atoms. The quantitative estimate of drug-likeness (QED) is 0.746. The van der Waals surface area contributed by atoms with Gasteiger partial charge in [-0.2, -0.15) is 0 Å². The highest BCUT2D eigenvalue weighted by atomic mass is 15.1. The average Bonchev–Trinajstić information content (AvgIpc) is 2.90. The van der Waals surface area contributed by atoms with Gasteiger partial charge in [-0.05, 0) is 38.6 Å². The standard InChI is InChI=1S/C14H28N2/c1-16(12-13-6-2-3-7-13)11-10-15-14-8-4-5-9-14/h13-15H,2-12H2,1H3. The Balaban J connectivity index is 1.51. The van der Waals surface area contributed by atoms with Crippen LogP contribution >= 0.6 is 0 Å². The topological polar surface area (TPSA) is 15.3 Å². The molecule has 0 unspecified atom stereocenters. The lowest BCUT2D eigenvalue weighted by molar-refractivity contribution is 0.273. The molecule has 0 amide bonds. The van der Waals surface area contributed by atoms with E-state index in [1.54, 1.807) is 0 Å². The predicted octanol–water partition coefficient (Wildman–Crippen LogP) is 2.64. The molecule has 0 aromatic carbocycles. The van der Waals surface area contributed by atoms with Crippen molar-refractivity contribution in [3.8, 4) is 0 Å². The van der Waals surface area contributed by atoms with Gasteiger partial charge >= 0.3 is 0 Å². The van der Waals surface area contributed by atoms with Crippen LogP contribution in [-0.4, -0.2) is 37.6 Å². The highest BCUT2D eigenvalue weighted by Crippen LogP contribution is 2.25. The molecule has 0 radical (unpaired) electrons. The summed E-state index contributed by atoms with van der Waals surface area (Å²) in [5, 5.41) is 3.70. The van der Waals surface area contributed by atoms with Gasteiger partial charge < -0.3 is 10.2 Å².